The van der Waals surface area contributed by atoms with Crippen molar-refractivity contribution in [2.24, 2.45) is 5.73 Å². The number of aromatic amines is 2. The second-order valence-corrected chi connectivity index (χ2v) is 7.52. The fraction of sp³-hybridized carbons (Fsp3) is 0.125. The molecular weight excluding hydrogens is 439 g/mol. The van der Waals surface area contributed by atoms with Crippen LogP contribution < -0.4 is 19.9 Å². The van der Waals surface area contributed by atoms with Crippen molar-refractivity contribution < 1.29 is 18.6 Å². The maximum Gasteiger partial charge on any atom is 0.244 e. The van der Waals surface area contributed by atoms with Crippen molar-refractivity contribution >= 4 is 0 Å². The largest absolute Gasteiger partial charge is 0.497 e. The molecule has 0 unspecified atom stereocenters. The van der Waals surface area contributed by atoms with E-state index in [-0.39, 0.29) is 23.2 Å². The highest BCUT2D eigenvalue weighted by molar-refractivity contribution is 5.78. The Labute approximate surface area is 193 Å². The molecule has 0 amide bonds. The van der Waals surface area contributed by atoms with Gasteiger partial charge in [-0.15, -0.1) is 5.10 Å². The Morgan fingerprint density at radius 2 is 1.88 bits per heavy atom. The third-order valence-corrected chi connectivity index (χ3v) is 5.73. The van der Waals surface area contributed by atoms with E-state index in [1.165, 1.54) is 12.1 Å². The Bertz CT molecular complexity index is 1450. The van der Waals surface area contributed by atoms with Crippen LogP contribution in [0, 0.1) is 17.1 Å². The molecule has 0 radical (unpaired) electrons. The lowest BCUT2D eigenvalue weighted by Gasteiger charge is -2.24. The molecule has 1 aliphatic heterocycles. The smallest absolute Gasteiger partial charge is 0.244 e. The monoisotopic (exact) mass is 458 g/mol. The normalized spacial score (nSPS) is 14.8. The molecule has 34 heavy (non-hydrogen) atoms. The van der Waals surface area contributed by atoms with Crippen molar-refractivity contribution in [1.29, 1.82) is 5.26 Å². The van der Waals surface area contributed by atoms with Gasteiger partial charge in [0.25, 0.3) is 0 Å². The summed E-state index contributed by atoms with van der Waals surface area (Å²) in [5.74, 6) is 0.324. The van der Waals surface area contributed by atoms with E-state index in [1.807, 2.05) is 0 Å². The zero-order chi connectivity index (χ0) is 23.8. The number of nitrogens with one attached hydrogen (secondary N) is 2. The Hall–Kier alpha value is -4.78. The third kappa shape index (κ3) is 3.31. The summed E-state index contributed by atoms with van der Waals surface area (Å²) in [6, 6.07) is 13.5. The molecule has 9 nitrogen and oxygen atoms in total. The van der Waals surface area contributed by atoms with Gasteiger partial charge in [0, 0.05) is 16.7 Å². The molecule has 4 aromatic rings. The topological polar surface area (TPSA) is 135 Å². The molecule has 2 aromatic carbocycles. The van der Waals surface area contributed by atoms with Crippen LogP contribution in [0.4, 0.5) is 4.39 Å². The van der Waals surface area contributed by atoms with Crippen molar-refractivity contribution in [2.75, 3.05) is 14.2 Å². The number of nitriles is 1. The lowest BCUT2D eigenvalue weighted by atomic mass is 9.82. The number of fused-ring (bicyclic) bond motifs is 1. The molecule has 0 spiro atoms. The van der Waals surface area contributed by atoms with Crippen molar-refractivity contribution in [3.8, 4) is 46.0 Å². The summed E-state index contributed by atoms with van der Waals surface area (Å²) in [7, 11) is 3.13. The van der Waals surface area contributed by atoms with E-state index in [1.54, 1.807) is 50.7 Å². The summed E-state index contributed by atoms with van der Waals surface area (Å²) < 4.78 is 30.2. The van der Waals surface area contributed by atoms with Crippen LogP contribution in [0.2, 0.25) is 0 Å². The van der Waals surface area contributed by atoms with Gasteiger partial charge in [0.15, 0.2) is 0 Å². The lowest BCUT2D eigenvalue weighted by molar-refractivity contribution is 0.379. The molecule has 5 rings (SSSR count). The molecule has 0 fully saturated rings. The number of rotatable bonds is 5. The number of nitrogens with two attached hydrogens (primary N) is 1. The van der Waals surface area contributed by atoms with Gasteiger partial charge in [0.05, 0.1) is 43.3 Å². The zero-order valence-corrected chi connectivity index (χ0v) is 18.2. The van der Waals surface area contributed by atoms with Crippen LogP contribution in [0.5, 0.6) is 17.4 Å². The highest BCUT2D eigenvalue weighted by Gasteiger charge is 2.38. The standard InChI is InChI=1S/C24H19FN6O3/c1-32-14-7-8-18(33-2)15(9-14)22-20-19(16(10-26)23(27)34-24(20)31-30-22)17-11-28-29-21(17)12-3-5-13(25)6-4-12/h3-9,11,19H,27H2,1-2H3,(H,28,29)(H,30,31)/t19-/m0/s1. The number of aromatic nitrogens is 4. The molecule has 0 saturated heterocycles. The summed E-state index contributed by atoms with van der Waals surface area (Å²) >= 11 is 0. The SMILES string of the molecule is COc1ccc(OC)c(-c2[nH]nc3c2[C@H](c2cn[nH]c2-c2ccc(F)cc2)C(C#N)=C(N)O3)c1. The number of halogens is 1. The van der Waals surface area contributed by atoms with Gasteiger partial charge >= 0.3 is 0 Å². The maximum absolute atomic E-state index is 13.5. The molecular formula is C24H19FN6O3. The van der Waals surface area contributed by atoms with E-state index in [9.17, 15) is 9.65 Å². The van der Waals surface area contributed by atoms with Crippen molar-refractivity contribution in [3.63, 3.8) is 0 Å². The van der Waals surface area contributed by atoms with Gasteiger partial charge in [0.2, 0.25) is 11.8 Å². The number of ether oxygens (including phenoxy) is 3. The molecule has 10 heteroatoms. The van der Waals surface area contributed by atoms with E-state index in [0.717, 1.165) is 0 Å². The molecule has 0 bridgehead atoms. The van der Waals surface area contributed by atoms with Gasteiger partial charge < -0.3 is 19.9 Å². The first-order valence-corrected chi connectivity index (χ1v) is 10.2. The average molecular weight is 458 g/mol. The molecule has 0 saturated carbocycles. The van der Waals surface area contributed by atoms with Crippen LogP contribution in [0.25, 0.3) is 22.5 Å². The van der Waals surface area contributed by atoms with E-state index in [2.05, 4.69) is 26.5 Å². The highest BCUT2D eigenvalue weighted by Crippen LogP contribution is 2.49. The fourth-order valence-electron chi connectivity index (χ4n) is 4.13. The van der Waals surface area contributed by atoms with Gasteiger partial charge in [-0.1, -0.05) is 0 Å². The van der Waals surface area contributed by atoms with Crippen LogP contribution in [-0.4, -0.2) is 34.6 Å². The van der Waals surface area contributed by atoms with Crippen molar-refractivity contribution in [2.45, 2.75) is 5.92 Å². The second kappa shape index (κ2) is 8.29. The fourth-order valence-corrected chi connectivity index (χ4v) is 4.13. The van der Waals surface area contributed by atoms with Gasteiger partial charge in [0.1, 0.15) is 29.0 Å². The molecule has 3 heterocycles. The minimum absolute atomic E-state index is 0.0538. The number of methoxy groups -OCH3 is 2. The molecule has 2 aromatic heterocycles. The Morgan fingerprint density at radius 3 is 2.59 bits per heavy atom. The lowest BCUT2D eigenvalue weighted by Crippen LogP contribution is -2.21. The summed E-state index contributed by atoms with van der Waals surface area (Å²) in [5, 5.41) is 24.5. The number of benzene rings is 2. The predicted octanol–water partition coefficient (Wildman–Crippen LogP) is 3.84. The Kier molecular flexibility index (Phi) is 5.14. The summed E-state index contributed by atoms with van der Waals surface area (Å²) in [4.78, 5) is 0. The first-order chi connectivity index (χ1) is 16.5. The summed E-state index contributed by atoms with van der Waals surface area (Å²) in [6.45, 7) is 0. The number of hydrogen-bond acceptors (Lipinski definition) is 7. The number of H-pyrrole nitrogens is 2. The molecule has 1 atom stereocenters. The van der Waals surface area contributed by atoms with Crippen LogP contribution in [0.1, 0.15) is 17.0 Å². The third-order valence-electron chi connectivity index (χ3n) is 5.73. The van der Waals surface area contributed by atoms with Gasteiger partial charge in [-0.2, -0.15) is 10.4 Å². The van der Waals surface area contributed by atoms with Crippen LogP contribution in [0.3, 0.4) is 0 Å². The highest BCUT2D eigenvalue weighted by atomic mass is 19.1. The average Bonchev–Trinajstić information content (AvgIpc) is 3.50. The Morgan fingerprint density at radius 1 is 1.09 bits per heavy atom. The van der Waals surface area contributed by atoms with Crippen LogP contribution in [0.15, 0.2) is 60.1 Å². The molecule has 0 aliphatic carbocycles. The summed E-state index contributed by atoms with van der Waals surface area (Å²) in [5.41, 5.74) is 10.1. The second-order valence-electron chi connectivity index (χ2n) is 7.52. The van der Waals surface area contributed by atoms with Crippen molar-refractivity contribution in [3.05, 3.63) is 77.1 Å². The van der Waals surface area contributed by atoms with E-state index < -0.39 is 5.92 Å². The van der Waals surface area contributed by atoms with Gasteiger partial charge in [-0.25, -0.2) is 4.39 Å². The molecule has 4 N–H and O–H groups in total. The summed E-state index contributed by atoms with van der Waals surface area (Å²) in [6.07, 6.45) is 1.61. The first-order valence-electron chi connectivity index (χ1n) is 10.2. The number of hydrogen-bond donors (Lipinski definition) is 3. The minimum atomic E-state index is -0.669. The van der Waals surface area contributed by atoms with Gasteiger partial charge in [-0.05, 0) is 42.5 Å². The number of nitrogens with zero attached hydrogens (tertiary/aromatic N) is 3. The molecule has 170 valence electrons. The van der Waals surface area contributed by atoms with Gasteiger partial charge in [-0.3, -0.25) is 10.2 Å². The Balaban J connectivity index is 1.75. The minimum Gasteiger partial charge on any atom is -0.497 e. The van der Waals surface area contributed by atoms with E-state index >= 15 is 0 Å². The van der Waals surface area contributed by atoms with Crippen LogP contribution in [-0.2, 0) is 0 Å². The van der Waals surface area contributed by atoms with E-state index in [4.69, 9.17) is 19.9 Å². The first kappa shape index (κ1) is 21.1. The predicted molar refractivity (Wildman–Crippen MR) is 120 cm³/mol. The maximum atomic E-state index is 13.5. The molecule has 1 aliphatic rings. The zero-order valence-electron chi connectivity index (χ0n) is 18.2. The number of allylic oxidation sites excluding steroid dienone is 1. The van der Waals surface area contributed by atoms with E-state index in [0.29, 0.717) is 45.1 Å². The van der Waals surface area contributed by atoms with Crippen molar-refractivity contribution in [1.82, 2.24) is 20.4 Å². The quantitative estimate of drug-likeness (QED) is 0.413. The van der Waals surface area contributed by atoms with Crippen LogP contribution >= 0.6 is 0 Å².